The van der Waals surface area contributed by atoms with Gasteiger partial charge in [0.15, 0.2) is 0 Å². The smallest absolute Gasteiger partial charge is 0.326 e. The number of hydrogen-bond acceptors (Lipinski definition) is 5. The number of anilines is 1. The van der Waals surface area contributed by atoms with Crippen LogP contribution in [0, 0.1) is 6.92 Å². The monoisotopic (exact) mass is 276 g/mol. The van der Waals surface area contributed by atoms with Gasteiger partial charge in [0.2, 0.25) is 0 Å². The van der Waals surface area contributed by atoms with E-state index in [1.807, 2.05) is 13.0 Å². The molecule has 2 aromatic heterocycles. The van der Waals surface area contributed by atoms with Crippen LogP contribution in [0.1, 0.15) is 11.4 Å². The molecule has 0 bridgehead atoms. The van der Waals surface area contributed by atoms with E-state index >= 15 is 0 Å². The van der Waals surface area contributed by atoms with Crippen molar-refractivity contribution in [2.45, 2.75) is 20.1 Å². The first kappa shape index (κ1) is 13.9. The largest absolute Gasteiger partial charge is 0.458 e. The summed E-state index contributed by atoms with van der Waals surface area (Å²) < 4.78 is 7.98. The van der Waals surface area contributed by atoms with Gasteiger partial charge in [0, 0.05) is 25.0 Å². The van der Waals surface area contributed by atoms with E-state index in [-0.39, 0.29) is 18.7 Å². The lowest BCUT2D eigenvalue weighted by Gasteiger charge is -2.07. The number of hydrogen-bond donors (Lipinski definition) is 1. The lowest BCUT2D eigenvalue weighted by atomic mass is 10.4. The predicted molar refractivity (Wildman–Crippen MR) is 72.9 cm³/mol. The summed E-state index contributed by atoms with van der Waals surface area (Å²) in [4.78, 5) is 23.2. The van der Waals surface area contributed by atoms with Crippen LogP contribution < -0.4 is 11.3 Å². The summed E-state index contributed by atoms with van der Waals surface area (Å²) in [7, 11) is 1.78. The summed E-state index contributed by atoms with van der Waals surface area (Å²) >= 11 is 0. The van der Waals surface area contributed by atoms with Gasteiger partial charge in [0.25, 0.3) is 5.56 Å². The molecule has 0 fully saturated rings. The second-order valence-electron chi connectivity index (χ2n) is 4.49. The van der Waals surface area contributed by atoms with Gasteiger partial charge in [0.05, 0.1) is 11.4 Å². The van der Waals surface area contributed by atoms with Crippen LogP contribution in [0.25, 0.3) is 0 Å². The van der Waals surface area contributed by atoms with Gasteiger partial charge in [-0.3, -0.25) is 14.3 Å². The third-order valence-electron chi connectivity index (χ3n) is 2.79. The Labute approximate surface area is 115 Å². The number of nitrogens with zero attached hydrogens (tertiary/aromatic N) is 3. The van der Waals surface area contributed by atoms with E-state index in [0.717, 1.165) is 11.4 Å². The fourth-order valence-corrected chi connectivity index (χ4v) is 1.81. The third kappa shape index (κ3) is 3.25. The van der Waals surface area contributed by atoms with Crippen molar-refractivity contribution in [3.05, 3.63) is 46.1 Å². The van der Waals surface area contributed by atoms with E-state index in [4.69, 9.17) is 10.5 Å². The molecule has 20 heavy (non-hydrogen) atoms. The van der Waals surface area contributed by atoms with Crippen LogP contribution >= 0.6 is 0 Å². The quantitative estimate of drug-likeness (QED) is 0.806. The molecule has 0 radical (unpaired) electrons. The van der Waals surface area contributed by atoms with Crippen LogP contribution in [0.15, 0.2) is 29.2 Å². The summed E-state index contributed by atoms with van der Waals surface area (Å²) in [5, 5.41) is 4.15. The van der Waals surface area contributed by atoms with E-state index in [1.165, 1.54) is 22.9 Å². The number of ether oxygens (including phenoxy) is 1. The Morgan fingerprint density at radius 3 is 2.85 bits per heavy atom. The molecule has 106 valence electrons. The summed E-state index contributed by atoms with van der Waals surface area (Å²) in [6.07, 6.45) is 1.41. The Hall–Kier alpha value is -2.57. The fraction of sp³-hybridized carbons (Fsp3) is 0.308. The van der Waals surface area contributed by atoms with Crippen molar-refractivity contribution in [1.29, 1.82) is 0 Å². The zero-order valence-electron chi connectivity index (χ0n) is 11.4. The Kier molecular flexibility index (Phi) is 3.88. The number of esters is 1. The van der Waals surface area contributed by atoms with Crippen LogP contribution in [-0.2, 0) is 29.7 Å². The molecule has 0 atom stereocenters. The van der Waals surface area contributed by atoms with Crippen molar-refractivity contribution < 1.29 is 9.53 Å². The Bertz CT molecular complexity index is 687. The van der Waals surface area contributed by atoms with Crippen molar-refractivity contribution in [2.24, 2.45) is 7.05 Å². The van der Waals surface area contributed by atoms with Crippen molar-refractivity contribution in [3.63, 3.8) is 0 Å². The zero-order valence-corrected chi connectivity index (χ0v) is 11.4. The number of nitrogens with two attached hydrogens (primary N) is 1. The minimum absolute atomic E-state index is 0.118. The van der Waals surface area contributed by atoms with Gasteiger partial charge in [-0.1, -0.05) is 0 Å². The standard InChI is InChI=1S/C13H16N4O3/c1-9-5-11(16(2)15-9)8-20-13(19)7-17-6-10(14)3-4-12(17)18/h3-6H,7-8,14H2,1-2H3. The predicted octanol–water partition coefficient (Wildman–Crippen LogP) is 0.216. The number of carbonyl (C=O) groups excluding carboxylic acids is 1. The van der Waals surface area contributed by atoms with Gasteiger partial charge in [-0.05, 0) is 19.1 Å². The summed E-state index contributed by atoms with van der Waals surface area (Å²) in [5.41, 5.74) is 7.33. The van der Waals surface area contributed by atoms with Crippen molar-refractivity contribution in [1.82, 2.24) is 14.3 Å². The highest BCUT2D eigenvalue weighted by atomic mass is 16.5. The number of aryl methyl sites for hydroxylation is 2. The number of nitrogen functional groups attached to an aromatic ring is 1. The van der Waals surface area contributed by atoms with Crippen LogP contribution in [0.5, 0.6) is 0 Å². The summed E-state index contributed by atoms with van der Waals surface area (Å²) in [6, 6.07) is 4.63. The van der Waals surface area contributed by atoms with E-state index < -0.39 is 5.97 Å². The van der Waals surface area contributed by atoms with Gasteiger partial charge in [-0.25, -0.2) is 0 Å². The van der Waals surface area contributed by atoms with E-state index in [1.54, 1.807) is 11.7 Å². The molecule has 0 saturated heterocycles. The lowest BCUT2D eigenvalue weighted by molar-refractivity contribution is -0.145. The minimum atomic E-state index is -0.503. The number of rotatable bonds is 4. The highest BCUT2D eigenvalue weighted by Crippen LogP contribution is 2.04. The highest BCUT2D eigenvalue weighted by molar-refractivity contribution is 5.69. The van der Waals surface area contributed by atoms with Crippen molar-refractivity contribution in [2.75, 3.05) is 5.73 Å². The molecular weight excluding hydrogens is 260 g/mol. The van der Waals surface area contributed by atoms with Crippen LogP contribution in [0.2, 0.25) is 0 Å². The molecule has 0 aliphatic rings. The van der Waals surface area contributed by atoms with Gasteiger partial charge >= 0.3 is 5.97 Å². The maximum atomic E-state index is 11.7. The topological polar surface area (TPSA) is 92.1 Å². The zero-order chi connectivity index (χ0) is 14.7. The Balaban J connectivity index is 1.98. The van der Waals surface area contributed by atoms with Gasteiger partial charge in [-0.2, -0.15) is 5.10 Å². The van der Waals surface area contributed by atoms with Gasteiger partial charge in [-0.15, -0.1) is 0 Å². The lowest BCUT2D eigenvalue weighted by Crippen LogP contribution is -2.24. The second kappa shape index (κ2) is 5.60. The molecule has 0 aliphatic carbocycles. The number of pyridine rings is 1. The maximum Gasteiger partial charge on any atom is 0.326 e. The molecule has 0 amide bonds. The van der Waals surface area contributed by atoms with Gasteiger partial charge in [0.1, 0.15) is 13.2 Å². The molecule has 2 rings (SSSR count). The molecule has 2 heterocycles. The van der Waals surface area contributed by atoms with Crippen LogP contribution in [-0.4, -0.2) is 20.3 Å². The number of carbonyl (C=O) groups is 1. The van der Waals surface area contributed by atoms with E-state index in [2.05, 4.69) is 5.10 Å². The van der Waals surface area contributed by atoms with Crippen molar-refractivity contribution in [3.8, 4) is 0 Å². The molecule has 0 aromatic carbocycles. The Morgan fingerprint density at radius 1 is 1.45 bits per heavy atom. The van der Waals surface area contributed by atoms with Gasteiger partial charge < -0.3 is 15.0 Å². The summed E-state index contributed by atoms with van der Waals surface area (Å²) in [6.45, 7) is 1.81. The Morgan fingerprint density at radius 2 is 2.20 bits per heavy atom. The first-order valence-corrected chi connectivity index (χ1v) is 6.07. The molecule has 7 heteroatoms. The van der Waals surface area contributed by atoms with E-state index in [0.29, 0.717) is 5.69 Å². The third-order valence-corrected chi connectivity index (χ3v) is 2.79. The average Bonchev–Trinajstić information content (AvgIpc) is 2.70. The molecule has 0 saturated carbocycles. The first-order chi connectivity index (χ1) is 9.45. The van der Waals surface area contributed by atoms with Crippen molar-refractivity contribution >= 4 is 11.7 Å². The minimum Gasteiger partial charge on any atom is -0.458 e. The first-order valence-electron chi connectivity index (χ1n) is 6.07. The molecular formula is C13H16N4O3. The molecule has 2 N–H and O–H groups in total. The van der Waals surface area contributed by atoms with Crippen LogP contribution in [0.3, 0.4) is 0 Å². The summed E-state index contributed by atoms with van der Waals surface area (Å²) in [5.74, 6) is -0.503. The SMILES string of the molecule is Cc1cc(COC(=O)Cn2cc(N)ccc2=O)n(C)n1. The van der Waals surface area contributed by atoms with Crippen LogP contribution in [0.4, 0.5) is 5.69 Å². The fourth-order valence-electron chi connectivity index (χ4n) is 1.81. The average molecular weight is 276 g/mol. The van der Waals surface area contributed by atoms with E-state index in [9.17, 15) is 9.59 Å². The molecule has 0 spiro atoms. The molecule has 2 aromatic rings. The maximum absolute atomic E-state index is 11.7. The highest BCUT2D eigenvalue weighted by Gasteiger charge is 2.09. The molecule has 7 nitrogen and oxygen atoms in total. The second-order valence-corrected chi connectivity index (χ2v) is 4.49. The molecule has 0 unspecified atom stereocenters. The normalized spacial score (nSPS) is 10.5. The molecule has 0 aliphatic heterocycles. The number of aromatic nitrogens is 3.